The van der Waals surface area contributed by atoms with Gasteiger partial charge >= 0.3 is 0 Å². The van der Waals surface area contributed by atoms with Crippen molar-refractivity contribution >= 4 is 23.2 Å². The summed E-state index contributed by atoms with van der Waals surface area (Å²) in [5.74, 6) is -1.94. The average Bonchev–Trinajstić information content (AvgIpc) is 2.32. The Labute approximate surface area is 113 Å². The molecule has 19 heavy (non-hydrogen) atoms. The number of benzene rings is 1. The van der Waals surface area contributed by atoms with Gasteiger partial charge in [-0.05, 0) is 31.2 Å². The van der Waals surface area contributed by atoms with E-state index in [0.29, 0.717) is 5.69 Å². The molecule has 1 N–H and O–H groups in total. The maximum atomic E-state index is 13.4. The number of aromatic nitrogens is 1. The Morgan fingerprint density at radius 3 is 2.68 bits per heavy atom. The van der Waals surface area contributed by atoms with Crippen molar-refractivity contribution in [2.75, 3.05) is 5.32 Å². The number of anilines is 1. The summed E-state index contributed by atoms with van der Waals surface area (Å²) in [6, 6.07) is 5.66. The summed E-state index contributed by atoms with van der Waals surface area (Å²) in [7, 11) is 0. The van der Waals surface area contributed by atoms with Crippen molar-refractivity contribution < 1.29 is 13.6 Å². The maximum absolute atomic E-state index is 13.4. The van der Waals surface area contributed by atoms with Gasteiger partial charge in [0.25, 0.3) is 5.91 Å². The number of nitrogens with one attached hydrogen (secondary N) is 1. The van der Waals surface area contributed by atoms with E-state index >= 15 is 0 Å². The third kappa shape index (κ3) is 3.26. The third-order valence-corrected chi connectivity index (χ3v) is 2.55. The summed E-state index contributed by atoms with van der Waals surface area (Å²) in [6.45, 7) is 1.67. The molecule has 0 saturated heterocycles. The number of hydrogen-bond donors (Lipinski definition) is 1. The summed E-state index contributed by atoms with van der Waals surface area (Å²) in [6.07, 6.45) is 0. The molecule has 1 aromatic carbocycles. The van der Waals surface area contributed by atoms with Crippen LogP contribution in [-0.4, -0.2) is 10.9 Å². The minimum absolute atomic E-state index is 0.157. The molecule has 0 aliphatic carbocycles. The van der Waals surface area contributed by atoms with Crippen molar-refractivity contribution in [3.05, 3.63) is 58.4 Å². The molecular formula is C13H9ClF2N2O. The van der Waals surface area contributed by atoms with Crippen LogP contribution in [0.25, 0.3) is 0 Å². The number of aryl methyl sites for hydroxylation is 1. The zero-order valence-electron chi connectivity index (χ0n) is 9.88. The Kier molecular flexibility index (Phi) is 3.76. The summed E-state index contributed by atoms with van der Waals surface area (Å²) in [5, 5.41) is 2.44. The number of nitrogens with zero attached hydrogens (tertiary/aromatic N) is 1. The van der Waals surface area contributed by atoms with Crippen molar-refractivity contribution in [3.8, 4) is 0 Å². The van der Waals surface area contributed by atoms with Crippen molar-refractivity contribution in [1.29, 1.82) is 0 Å². The van der Waals surface area contributed by atoms with E-state index in [2.05, 4.69) is 10.3 Å². The first-order valence-corrected chi connectivity index (χ1v) is 5.74. The van der Waals surface area contributed by atoms with E-state index in [-0.39, 0.29) is 16.4 Å². The topological polar surface area (TPSA) is 42.0 Å². The zero-order valence-corrected chi connectivity index (χ0v) is 10.6. The first-order valence-electron chi connectivity index (χ1n) is 5.36. The monoisotopic (exact) mass is 282 g/mol. The summed E-state index contributed by atoms with van der Waals surface area (Å²) in [5.41, 5.74) is 0.550. The molecule has 0 radical (unpaired) electrons. The number of carbonyl (C=O) groups excluding carboxylic acids is 1. The molecule has 2 aromatic rings. The quantitative estimate of drug-likeness (QED) is 0.856. The van der Waals surface area contributed by atoms with E-state index in [1.54, 1.807) is 6.92 Å². The van der Waals surface area contributed by atoms with Crippen molar-refractivity contribution in [2.45, 2.75) is 6.92 Å². The smallest absolute Gasteiger partial charge is 0.255 e. The molecule has 2 rings (SSSR count). The molecule has 0 saturated carbocycles. The van der Waals surface area contributed by atoms with Crippen LogP contribution < -0.4 is 5.32 Å². The maximum Gasteiger partial charge on any atom is 0.255 e. The van der Waals surface area contributed by atoms with Crippen LogP contribution in [0, 0.1) is 18.6 Å². The molecule has 1 amide bonds. The van der Waals surface area contributed by atoms with Crippen LogP contribution in [0.4, 0.5) is 14.5 Å². The molecule has 3 nitrogen and oxygen atoms in total. The van der Waals surface area contributed by atoms with Gasteiger partial charge in [-0.15, -0.1) is 0 Å². The Morgan fingerprint density at radius 2 is 2.00 bits per heavy atom. The lowest BCUT2D eigenvalue weighted by Gasteiger charge is -2.07. The fourth-order valence-electron chi connectivity index (χ4n) is 1.55. The second-order valence-electron chi connectivity index (χ2n) is 3.90. The molecule has 6 heteroatoms. The number of pyridine rings is 1. The largest absolute Gasteiger partial charge is 0.319 e. The SMILES string of the molecule is Cc1cc(C(=O)Nc2cc(F)ccc2F)cc(Cl)n1. The highest BCUT2D eigenvalue weighted by atomic mass is 35.5. The first-order chi connectivity index (χ1) is 8.95. The van der Waals surface area contributed by atoms with Gasteiger partial charge in [0.1, 0.15) is 16.8 Å². The molecule has 1 heterocycles. The minimum atomic E-state index is -0.716. The van der Waals surface area contributed by atoms with Crippen molar-refractivity contribution in [3.63, 3.8) is 0 Å². The Balaban J connectivity index is 2.28. The first kappa shape index (κ1) is 13.4. The van der Waals surface area contributed by atoms with Crippen LogP contribution in [0.3, 0.4) is 0 Å². The van der Waals surface area contributed by atoms with Crippen LogP contribution in [0.5, 0.6) is 0 Å². The summed E-state index contributed by atoms with van der Waals surface area (Å²) < 4.78 is 26.4. The van der Waals surface area contributed by atoms with Crippen molar-refractivity contribution in [1.82, 2.24) is 4.98 Å². The van der Waals surface area contributed by atoms with E-state index < -0.39 is 17.5 Å². The zero-order chi connectivity index (χ0) is 14.0. The lowest BCUT2D eigenvalue weighted by Crippen LogP contribution is -2.13. The Hall–Kier alpha value is -2.01. The van der Waals surface area contributed by atoms with Gasteiger partial charge in [0.15, 0.2) is 0 Å². The number of halogens is 3. The van der Waals surface area contributed by atoms with Crippen LogP contribution in [-0.2, 0) is 0 Å². The Morgan fingerprint density at radius 1 is 1.26 bits per heavy atom. The van der Waals surface area contributed by atoms with E-state index in [0.717, 1.165) is 18.2 Å². The van der Waals surface area contributed by atoms with Gasteiger partial charge in [-0.25, -0.2) is 13.8 Å². The molecular weight excluding hydrogens is 274 g/mol. The second kappa shape index (κ2) is 5.32. The van der Waals surface area contributed by atoms with Crippen LogP contribution >= 0.6 is 11.6 Å². The fourth-order valence-corrected chi connectivity index (χ4v) is 1.80. The second-order valence-corrected chi connectivity index (χ2v) is 4.29. The van der Waals surface area contributed by atoms with Crippen LogP contribution in [0.2, 0.25) is 5.15 Å². The van der Waals surface area contributed by atoms with Gasteiger partial charge in [-0.1, -0.05) is 11.6 Å². The van der Waals surface area contributed by atoms with E-state index in [1.807, 2.05) is 0 Å². The highest BCUT2D eigenvalue weighted by Crippen LogP contribution is 2.17. The normalized spacial score (nSPS) is 10.3. The molecule has 0 spiro atoms. The van der Waals surface area contributed by atoms with E-state index in [4.69, 9.17) is 11.6 Å². The molecule has 0 unspecified atom stereocenters. The number of carbonyl (C=O) groups is 1. The third-order valence-electron chi connectivity index (χ3n) is 2.36. The minimum Gasteiger partial charge on any atom is -0.319 e. The lowest BCUT2D eigenvalue weighted by atomic mass is 10.2. The fraction of sp³-hybridized carbons (Fsp3) is 0.0769. The molecule has 0 aliphatic heterocycles. The number of hydrogen-bond acceptors (Lipinski definition) is 2. The van der Waals surface area contributed by atoms with Gasteiger partial charge in [0.2, 0.25) is 0 Å². The van der Waals surface area contributed by atoms with Gasteiger partial charge < -0.3 is 5.32 Å². The highest BCUT2D eigenvalue weighted by Gasteiger charge is 2.11. The molecule has 0 bridgehead atoms. The highest BCUT2D eigenvalue weighted by molar-refractivity contribution is 6.29. The predicted molar refractivity (Wildman–Crippen MR) is 68.3 cm³/mol. The van der Waals surface area contributed by atoms with Gasteiger partial charge in [-0.3, -0.25) is 4.79 Å². The number of amides is 1. The summed E-state index contributed by atoms with van der Waals surface area (Å²) >= 11 is 5.73. The predicted octanol–water partition coefficient (Wildman–Crippen LogP) is 3.57. The van der Waals surface area contributed by atoms with Gasteiger partial charge in [-0.2, -0.15) is 0 Å². The molecule has 0 atom stereocenters. The van der Waals surface area contributed by atoms with Gasteiger partial charge in [0, 0.05) is 17.3 Å². The standard InChI is InChI=1S/C13H9ClF2N2O/c1-7-4-8(5-12(14)17-7)13(19)18-11-6-9(15)2-3-10(11)16/h2-6H,1H3,(H,18,19). The molecule has 1 aromatic heterocycles. The van der Waals surface area contributed by atoms with E-state index in [9.17, 15) is 13.6 Å². The van der Waals surface area contributed by atoms with Crippen molar-refractivity contribution in [2.24, 2.45) is 0 Å². The number of rotatable bonds is 2. The van der Waals surface area contributed by atoms with E-state index in [1.165, 1.54) is 12.1 Å². The van der Waals surface area contributed by atoms with Crippen LogP contribution in [0.15, 0.2) is 30.3 Å². The summed E-state index contributed by atoms with van der Waals surface area (Å²) in [4.78, 5) is 15.8. The van der Waals surface area contributed by atoms with Gasteiger partial charge in [0.05, 0.1) is 5.69 Å². The average molecular weight is 283 g/mol. The lowest BCUT2D eigenvalue weighted by molar-refractivity contribution is 0.102. The molecule has 0 aliphatic rings. The Bertz CT molecular complexity index is 626. The molecule has 0 fully saturated rings. The van der Waals surface area contributed by atoms with Crippen LogP contribution in [0.1, 0.15) is 16.1 Å². The molecule has 98 valence electrons.